The molecule has 0 unspecified atom stereocenters. The second kappa shape index (κ2) is 14.0. The molecule has 10 aromatic rings. The Bertz CT molecular complexity index is 3500. The quantitative estimate of drug-likeness (QED) is 0.167. The summed E-state index contributed by atoms with van der Waals surface area (Å²) in [6, 6.07) is 76.1. The highest BCUT2D eigenvalue weighted by atomic mass is 32.1. The molecular formula is C63H49NS. The molecule has 0 radical (unpaired) electrons. The van der Waals surface area contributed by atoms with Crippen LogP contribution in [0.25, 0.3) is 64.7 Å². The molecule has 3 aliphatic rings. The SMILES string of the molecule is CC1(C)CCC(C)(C)c2cc(-c3cc4c(cc3N(c3ccc(-c5ccccc5)cc3)c3cccc5c3sc3ccccc35)C3(c5ccccc5-c5ccccc53)c3ccccc3-4)ccc21. The van der Waals surface area contributed by atoms with Crippen molar-refractivity contribution in [2.45, 2.75) is 56.8 Å². The third kappa shape index (κ3) is 5.50. The number of anilines is 3. The van der Waals surface area contributed by atoms with Gasteiger partial charge in [-0.1, -0.05) is 191 Å². The highest BCUT2D eigenvalue weighted by Crippen LogP contribution is 2.64. The first kappa shape index (κ1) is 38.5. The number of fused-ring (bicyclic) bond motifs is 14. The summed E-state index contributed by atoms with van der Waals surface area (Å²) in [5.74, 6) is 0. The van der Waals surface area contributed by atoms with Crippen LogP contribution in [-0.2, 0) is 16.2 Å². The van der Waals surface area contributed by atoms with E-state index in [0.29, 0.717) is 0 Å². The third-order valence-corrected chi connectivity index (χ3v) is 16.6. The fourth-order valence-corrected chi connectivity index (χ4v) is 13.3. The molecular weight excluding hydrogens is 803 g/mol. The topological polar surface area (TPSA) is 3.24 Å². The van der Waals surface area contributed by atoms with E-state index in [2.05, 4.69) is 233 Å². The van der Waals surface area contributed by atoms with Crippen LogP contribution in [0.3, 0.4) is 0 Å². The zero-order valence-electron chi connectivity index (χ0n) is 37.3. The first-order chi connectivity index (χ1) is 31.7. The largest absolute Gasteiger partial charge is 0.308 e. The summed E-state index contributed by atoms with van der Waals surface area (Å²) in [5.41, 5.74) is 21.7. The van der Waals surface area contributed by atoms with E-state index in [9.17, 15) is 0 Å². The summed E-state index contributed by atoms with van der Waals surface area (Å²) < 4.78 is 2.59. The van der Waals surface area contributed by atoms with Gasteiger partial charge in [0.05, 0.1) is 21.5 Å². The molecule has 9 aromatic carbocycles. The van der Waals surface area contributed by atoms with Gasteiger partial charge in [-0.3, -0.25) is 0 Å². The number of thiophene rings is 1. The molecule has 0 saturated carbocycles. The molecule has 65 heavy (non-hydrogen) atoms. The second-order valence-electron chi connectivity index (χ2n) is 19.8. The summed E-state index contributed by atoms with van der Waals surface area (Å²) in [4.78, 5) is 2.60. The number of rotatable bonds is 5. The van der Waals surface area contributed by atoms with Crippen molar-refractivity contribution in [2.24, 2.45) is 0 Å². The molecule has 1 aromatic heterocycles. The van der Waals surface area contributed by atoms with Crippen molar-refractivity contribution in [3.63, 3.8) is 0 Å². The summed E-state index contributed by atoms with van der Waals surface area (Å²) in [5, 5.41) is 2.59. The van der Waals surface area contributed by atoms with Gasteiger partial charge in [-0.2, -0.15) is 0 Å². The highest BCUT2D eigenvalue weighted by molar-refractivity contribution is 7.26. The van der Waals surface area contributed by atoms with Gasteiger partial charge in [0.25, 0.3) is 0 Å². The van der Waals surface area contributed by atoms with Gasteiger partial charge >= 0.3 is 0 Å². The minimum absolute atomic E-state index is 0.0569. The molecule has 0 bridgehead atoms. The zero-order valence-corrected chi connectivity index (χ0v) is 38.1. The van der Waals surface area contributed by atoms with E-state index in [0.717, 1.165) is 12.1 Å². The molecule has 0 aliphatic heterocycles. The maximum absolute atomic E-state index is 2.61. The van der Waals surface area contributed by atoms with Gasteiger partial charge in [0.2, 0.25) is 0 Å². The van der Waals surface area contributed by atoms with Crippen molar-refractivity contribution >= 4 is 48.6 Å². The molecule has 1 heterocycles. The number of benzene rings is 9. The average Bonchev–Trinajstić information content (AvgIpc) is 3.98. The molecule has 2 heteroatoms. The summed E-state index contributed by atoms with van der Waals surface area (Å²) in [6.45, 7) is 9.77. The second-order valence-corrected chi connectivity index (χ2v) is 20.9. The molecule has 3 aliphatic carbocycles. The average molecular weight is 852 g/mol. The van der Waals surface area contributed by atoms with E-state index in [1.54, 1.807) is 0 Å². The first-order valence-electron chi connectivity index (χ1n) is 23.2. The lowest BCUT2D eigenvalue weighted by Crippen LogP contribution is -2.33. The summed E-state index contributed by atoms with van der Waals surface area (Å²) in [7, 11) is 0. The molecule has 0 atom stereocenters. The zero-order chi connectivity index (χ0) is 43.7. The van der Waals surface area contributed by atoms with Crippen LogP contribution in [0.4, 0.5) is 17.1 Å². The fourth-order valence-electron chi connectivity index (χ4n) is 12.0. The Morgan fingerprint density at radius 2 is 0.923 bits per heavy atom. The van der Waals surface area contributed by atoms with E-state index in [1.165, 1.54) is 116 Å². The normalized spacial score (nSPS) is 15.6. The van der Waals surface area contributed by atoms with Gasteiger partial charge in [0.15, 0.2) is 0 Å². The maximum atomic E-state index is 2.61. The van der Waals surface area contributed by atoms with Crippen LogP contribution in [0.1, 0.15) is 73.9 Å². The lowest BCUT2D eigenvalue weighted by molar-refractivity contribution is 0.332. The minimum atomic E-state index is -0.485. The van der Waals surface area contributed by atoms with Crippen molar-refractivity contribution in [2.75, 3.05) is 4.90 Å². The van der Waals surface area contributed by atoms with Crippen molar-refractivity contribution in [1.29, 1.82) is 0 Å². The number of nitrogens with zero attached hydrogens (tertiary/aromatic N) is 1. The van der Waals surface area contributed by atoms with Crippen molar-refractivity contribution < 1.29 is 0 Å². The lowest BCUT2D eigenvalue weighted by Gasteiger charge is -2.42. The highest BCUT2D eigenvalue weighted by Gasteiger charge is 2.52. The predicted molar refractivity (Wildman–Crippen MR) is 276 cm³/mol. The maximum Gasteiger partial charge on any atom is 0.0726 e. The fraction of sp³-hybridized carbons (Fsp3) is 0.143. The molecule has 1 nitrogen and oxygen atoms in total. The standard InChI is InChI=1S/C63H49NS/c1-61(2)35-36-62(3,4)56-37-42(31-34-54(56)61)49-38-50-46-21-10-14-26-53(46)63(51-24-12-8-19-44(51)45-20-9-13-25-52(45)63)55(50)39-58(49)64(43-32-29-41(30-33-43)40-17-6-5-7-18-40)57-27-16-23-48-47-22-11-15-28-59(47)65-60(48)57/h5-34,37-39H,35-36H2,1-4H3. The van der Waals surface area contributed by atoms with Crippen LogP contribution in [0.2, 0.25) is 0 Å². The van der Waals surface area contributed by atoms with Gasteiger partial charge in [-0.15, -0.1) is 11.3 Å². The van der Waals surface area contributed by atoms with E-state index >= 15 is 0 Å². The van der Waals surface area contributed by atoms with Crippen molar-refractivity contribution in [1.82, 2.24) is 0 Å². The van der Waals surface area contributed by atoms with Gasteiger partial charge in [0.1, 0.15) is 0 Å². The van der Waals surface area contributed by atoms with Gasteiger partial charge in [-0.05, 0) is 132 Å². The Hall–Kier alpha value is -7.00. The molecule has 0 fully saturated rings. The van der Waals surface area contributed by atoms with Crippen LogP contribution in [0.5, 0.6) is 0 Å². The van der Waals surface area contributed by atoms with E-state index in [-0.39, 0.29) is 10.8 Å². The Morgan fingerprint density at radius 3 is 1.62 bits per heavy atom. The number of hydrogen-bond donors (Lipinski definition) is 0. The van der Waals surface area contributed by atoms with Gasteiger partial charge < -0.3 is 4.90 Å². The van der Waals surface area contributed by atoms with E-state index in [1.807, 2.05) is 11.3 Å². The minimum Gasteiger partial charge on any atom is -0.308 e. The lowest BCUT2D eigenvalue weighted by atomic mass is 9.63. The summed E-state index contributed by atoms with van der Waals surface area (Å²) >= 11 is 1.90. The monoisotopic (exact) mass is 851 g/mol. The van der Waals surface area contributed by atoms with Gasteiger partial charge in [0, 0.05) is 26.7 Å². The van der Waals surface area contributed by atoms with Crippen LogP contribution in [0, 0.1) is 0 Å². The van der Waals surface area contributed by atoms with Crippen LogP contribution >= 0.6 is 11.3 Å². The molecule has 312 valence electrons. The Morgan fingerprint density at radius 1 is 0.369 bits per heavy atom. The van der Waals surface area contributed by atoms with Crippen LogP contribution < -0.4 is 4.90 Å². The predicted octanol–water partition coefficient (Wildman–Crippen LogP) is 17.6. The van der Waals surface area contributed by atoms with Gasteiger partial charge in [-0.25, -0.2) is 0 Å². The number of hydrogen-bond acceptors (Lipinski definition) is 2. The third-order valence-electron chi connectivity index (χ3n) is 15.4. The molecule has 1 spiro atoms. The molecule has 13 rings (SSSR count). The van der Waals surface area contributed by atoms with E-state index < -0.39 is 5.41 Å². The molecule has 0 N–H and O–H groups in total. The van der Waals surface area contributed by atoms with E-state index in [4.69, 9.17) is 0 Å². The first-order valence-corrected chi connectivity index (χ1v) is 24.0. The molecule has 0 amide bonds. The van der Waals surface area contributed by atoms with Crippen molar-refractivity contribution in [3.05, 3.63) is 234 Å². The van der Waals surface area contributed by atoms with Crippen LogP contribution in [-0.4, -0.2) is 0 Å². The van der Waals surface area contributed by atoms with Crippen LogP contribution in [0.15, 0.2) is 200 Å². The Kier molecular flexibility index (Phi) is 8.28. The Balaban J connectivity index is 1.16. The van der Waals surface area contributed by atoms with Crippen molar-refractivity contribution in [3.8, 4) is 44.5 Å². The Labute approximate surface area is 386 Å². The smallest absolute Gasteiger partial charge is 0.0726 e. The molecule has 0 saturated heterocycles. The summed E-state index contributed by atoms with van der Waals surface area (Å²) in [6.07, 6.45) is 2.35.